The van der Waals surface area contributed by atoms with Crippen LogP contribution in [0.5, 0.6) is 0 Å². The van der Waals surface area contributed by atoms with Gasteiger partial charge in [0.1, 0.15) is 0 Å². The van der Waals surface area contributed by atoms with Crippen molar-refractivity contribution in [3.05, 3.63) is 17.8 Å². The van der Waals surface area contributed by atoms with Crippen LogP contribution in [0.2, 0.25) is 0 Å². The summed E-state index contributed by atoms with van der Waals surface area (Å²) >= 11 is 0. The lowest BCUT2D eigenvalue weighted by atomic mass is 10.1. The highest BCUT2D eigenvalue weighted by Crippen LogP contribution is 2.12. The zero-order chi connectivity index (χ0) is 11.5. The Labute approximate surface area is 91.0 Å². The van der Waals surface area contributed by atoms with Crippen LogP contribution in [0.25, 0.3) is 0 Å². The first-order chi connectivity index (χ1) is 7.66. The molecule has 2 amide bonds. The zero-order valence-corrected chi connectivity index (χ0v) is 8.34. The molecule has 2 rings (SSSR count). The van der Waals surface area contributed by atoms with Gasteiger partial charge in [-0.1, -0.05) is 0 Å². The van der Waals surface area contributed by atoms with Crippen LogP contribution in [-0.2, 0) is 9.53 Å². The van der Waals surface area contributed by atoms with Crippen LogP contribution in [0.1, 0.15) is 10.5 Å². The number of anilines is 1. The number of nitrogens with one attached hydrogen (secondary N) is 1. The van der Waals surface area contributed by atoms with Crippen molar-refractivity contribution in [3.63, 3.8) is 0 Å². The standard InChI is InChI=1S/C9H10N4O3/c10-8(14)6-1-2-7(13-12-6)11-9(15)5-3-16-4-5/h1-2,5H,3-4H2,(H2,10,14)(H,11,13,15). The van der Waals surface area contributed by atoms with Crippen molar-refractivity contribution >= 4 is 17.6 Å². The number of ether oxygens (including phenoxy) is 1. The van der Waals surface area contributed by atoms with Crippen molar-refractivity contribution in [1.29, 1.82) is 0 Å². The Morgan fingerprint density at radius 3 is 2.56 bits per heavy atom. The molecule has 1 saturated heterocycles. The number of carbonyl (C=O) groups is 2. The molecule has 1 aromatic heterocycles. The molecule has 0 saturated carbocycles. The molecule has 7 heteroatoms. The first kappa shape index (κ1) is 10.5. The van der Waals surface area contributed by atoms with Crippen LogP contribution < -0.4 is 11.1 Å². The molecule has 0 spiro atoms. The molecule has 2 heterocycles. The van der Waals surface area contributed by atoms with Gasteiger partial charge in [-0.2, -0.15) is 0 Å². The van der Waals surface area contributed by atoms with E-state index in [4.69, 9.17) is 10.5 Å². The summed E-state index contributed by atoms with van der Waals surface area (Å²) < 4.78 is 4.89. The fraction of sp³-hybridized carbons (Fsp3) is 0.333. The summed E-state index contributed by atoms with van der Waals surface area (Å²) in [5, 5.41) is 9.79. The van der Waals surface area contributed by atoms with Crippen LogP contribution in [0.3, 0.4) is 0 Å². The van der Waals surface area contributed by atoms with Crippen molar-refractivity contribution in [2.24, 2.45) is 11.7 Å². The van der Waals surface area contributed by atoms with E-state index in [1.165, 1.54) is 12.1 Å². The van der Waals surface area contributed by atoms with Gasteiger partial charge in [-0.15, -0.1) is 10.2 Å². The molecule has 0 aromatic carbocycles. The van der Waals surface area contributed by atoms with Gasteiger partial charge < -0.3 is 15.8 Å². The Bertz CT molecular complexity index is 413. The monoisotopic (exact) mass is 222 g/mol. The minimum Gasteiger partial charge on any atom is -0.380 e. The SMILES string of the molecule is NC(=O)c1ccc(NC(=O)C2COC2)nn1. The molecular formula is C9H10N4O3. The molecule has 0 aliphatic carbocycles. The Kier molecular flexibility index (Phi) is 2.78. The van der Waals surface area contributed by atoms with Crippen molar-refractivity contribution in [1.82, 2.24) is 10.2 Å². The van der Waals surface area contributed by atoms with Crippen molar-refractivity contribution < 1.29 is 14.3 Å². The number of carbonyl (C=O) groups excluding carboxylic acids is 2. The lowest BCUT2D eigenvalue weighted by Crippen LogP contribution is -2.38. The Hall–Kier alpha value is -2.02. The third-order valence-corrected chi connectivity index (χ3v) is 2.18. The zero-order valence-electron chi connectivity index (χ0n) is 8.34. The second-order valence-electron chi connectivity index (χ2n) is 3.39. The normalized spacial score (nSPS) is 15.2. The third kappa shape index (κ3) is 2.14. The first-order valence-electron chi connectivity index (χ1n) is 4.69. The van der Waals surface area contributed by atoms with E-state index in [9.17, 15) is 9.59 Å². The van der Waals surface area contributed by atoms with E-state index >= 15 is 0 Å². The van der Waals surface area contributed by atoms with Crippen LogP contribution in [0.4, 0.5) is 5.82 Å². The fourth-order valence-electron chi connectivity index (χ4n) is 1.15. The minimum absolute atomic E-state index is 0.0602. The summed E-state index contributed by atoms with van der Waals surface area (Å²) in [4.78, 5) is 22.2. The number of primary amides is 1. The van der Waals surface area contributed by atoms with Gasteiger partial charge in [-0.3, -0.25) is 9.59 Å². The maximum absolute atomic E-state index is 11.5. The number of nitrogens with two attached hydrogens (primary N) is 1. The molecule has 0 bridgehead atoms. The molecule has 84 valence electrons. The Morgan fingerprint density at radius 1 is 1.38 bits per heavy atom. The number of rotatable bonds is 3. The van der Waals surface area contributed by atoms with E-state index in [0.29, 0.717) is 19.0 Å². The average molecular weight is 222 g/mol. The fourth-order valence-corrected chi connectivity index (χ4v) is 1.15. The Morgan fingerprint density at radius 2 is 2.12 bits per heavy atom. The second-order valence-corrected chi connectivity index (χ2v) is 3.39. The van der Waals surface area contributed by atoms with E-state index in [1.807, 2.05) is 0 Å². The maximum Gasteiger partial charge on any atom is 0.269 e. The molecular weight excluding hydrogens is 212 g/mol. The number of amides is 2. The van der Waals surface area contributed by atoms with E-state index in [2.05, 4.69) is 15.5 Å². The summed E-state index contributed by atoms with van der Waals surface area (Å²) in [5.41, 5.74) is 5.06. The molecule has 0 unspecified atom stereocenters. The lowest BCUT2D eigenvalue weighted by molar-refractivity contribution is -0.133. The molecule has 1 fully saturated rings. The van der Waals surface area contributed by atoms with Crippen LogP contribution in [0, 0.1) is 5.92 Å². The predicted molar refractivity (Wildman–Crippen MR) is 53.5 cm³/mol. The highest BCUT2D eigenvalue weighted by molar-refractivity contribution is 5.93. The van der Waals surface area contributed by atoms with Crippen molar-refractivity contribution in [2.45, 2.75) is 0 Å². The maximum atomic E-state index is 11.5. The van der Waals surface area contributed by atoms with Crippen LogP contribution in [-0.4, -0.2) is 35.2 Å². The minimum atomic E-state index is -0.655. The number of aromatic nitrogens is 2. The molecule has 16 heavy (non-hydrogen) atoms. The van der Waals surface area contributed by atoms with Gasteiger partial charge in [0.15, 0.2) is 11.5 Å². The van der Waals surface area contributed by atoms with Gasteiger partial charge >= 0.3 is 0 Å². The van der Waals surface area contributed by atoms with Crippen LogP contribution >= 0.6 is 0 Å². The van der Waals surface area contributed by atoms with E-state index < -0.39 is 5.91 Å². The van der Waals surface area contributed by atoms with E-state index in [-0.39, 0.29) is 17.5 Å². The topological polar surface area (TPSA) is 107 Å². The summed E-state index contributed by atoms with van der Waals surface area (Å²) in [7, 11) is 0. The lowest BCUT2D eigenvalue weighted by Gasteiger charge is -2.24. The van der Waals surface area contributed by atoms with Crippen molar-refractivity contribution in [3.8, 4) is 0 Å². The molecule has 3 N–H and O–H groups in total. The third-order valence-electron chi connectivity index (χ3n) is 2.18. The van der Waals surface area contributed by atoms with Gasteiger partial charge in [0, 0.05) is 0 Å². The number of nitrogens with zero attached hydrogens (tertiary/aromatic N) is 2. The first-order valence-corrected chi connectivity index (χ1v) is 4.69. The molecule has 1 aliphatic rings. The summed E-state index contributed by atoms with van der Waals surface area (Å²) in [6, 6.07) is 2.88. The number of hydrogen-bond acceptors (Lipinski definition) is 5. The van der Waals surface area contributed by atoms with Gasteiger partial charge in [-0.05, 0) is 12.1 Å². The summed E-state index contributed by atoms with van der Waals surface area (Å²) in [6.07, 6.45) is 0. The highest BCUT2D eigenvalue weighted by Gasteiger charge is 2.26. The van der Waals surface area contributed by atoms with Gasteiger partial charge in [0.05, 0.1) is 19.1 Å². The van der Waals surface area contributed by atoms with E-state index in [1.54, 1.807) is 0 Å². The largest absolute Gasteiger partial charge is 0.380 e. The van der Waals surface area contributed by atoms with Gasteiger partial charge in [0.2, 0.25) is 5.91 Å². The molecule has 0 radical (unpaired) electrons. The average Bonchev–Trinajstić information content (AvgIpc) is 2.15. The molecule has 1 aliphatic heterocycles. The summed E-state index contributed by atoms with van der Waals surface area (Å²) in [5.74, 6) is -0.648. The van der Waals surface area contributed by atoms with Gasteiger partial charge in [0.25, 0.3) is 5.91 Å². The molecule has 1 aromatic rings. The molecule has 0 atom stereocenters. The molecule has 7 nitrogen and oxygen atoms in total. The van der Waals surface area contributed by atoms with E-state index in [0.717, 1.165) is 0 Å². The van der Waals surface area contributed by atoms with Gasteiger partial charge in [-0.25, -0.2) is 0 Å². The highest BCUT2D eigenvalue weighted by atomic mass is 16.5. The van der Waals surface area contributed by atoms with Crippen LogP contribution in [0.15, 0.2) is 12.1 Å². The second kappa shape index (κ2) is 4.23. The summed E-state index contributed by atoms with van der Waals surface area (Å²) in [6.45, 7) is 0.858. The number of hydrogen-bond donors (Lipinski definition) is 2. The predicted octanol–water partition coefficient (Wildman–Crippen LogP) is -0.840. The Balaban J connectivity index is 1.99. The quantitative estimate of drug-likeness (QED) is 0.693. The van der Waals surface area contributed by atoms with Crippen molar-refractivity contribution in [2.75, 3.05) is 18.5 Å². The smallest absolute Gasteiger partial charge is 0.269 e.